The lowest BCUT2D eigenvalue weighted by molar-refractivity contribution is 0.112. The van der Waals surface area contributed by atoms with Crippen LogP contribution in [-0.2, 0) is 4.74 Å². The van der Waals surface area contributed by atoms with Gasteiger partial charge in [0.1, 0.15) is 6.10 Å². The van der Waals surface area contributed by atoms with E-state index in [0.717, 1.165) is 19.4 Å². The summed E-state index contributed by atoms with van der Waals surface area (Å²) in [6.07, 6.45) is 9.04. The van der Waals surface area contributed by atoms with Crippen LogP contribution in [0.25, 0.3) is 0 Å². The second-order valence-corrected chi connectivity index (χ2v) is 4.72. The molecule has 1 rings (SSSR count). The van der Waals surface area contributed by atoms with Gasteiger partial charge < -0.3 is 10.1 Å². The quantitative estimate of drug-likeness (QED) is 0.731. The highest BCUT2D eigenvalue weighted by atomic mass is 16.5. The fraction of sp³-hybridized carbons (Fsp3) is 0.833. The van der Waals surface area contributed by atoms with Crippen LogP contribution in [0.4, 0.5) is 0 Å². The molecule has 0 fully saturated rings. The average Bonchev–Trinajstić information content (AvgIpc) is 2.17. The van der Waals surface area contributed by atoms with Crippen molar-refractivity contribution < 1.29 is 4.74 Å². The lowest BCUT2D eigenvalue weighted by Gasteiger charge is -2.29. The van der Waals surface area contributed by atoms with Crippen molar-refractivity contribution in [3.8, 4) is 0 Å². The Kier molecular flexibility index (Phi) is 4.46. The third kappa shape index (κ3) is 4.14. The normalized spacial score (nSPS) is 22.1. The van der Waals surface area contributed by atoms with Crippen molar-refractivity contribution in [1.82, 2.24) is 5.32 Å². The third-order valence-electron chi connectivity index (χ3n) is 2.71. The summed E-state index contributed by atoms with van der Waals surface area (Å²) in [5.74, 6) is 0. The highest BCUT2D eigenvalue weighted by Crippen LogP contribution is 2.13. The zero-order chi connectivity index (χ0) is 10.4. The van der Waals surface area contributed by atoms with E-state index in [9.17, 15) is 0 Å². The van der Waals surface area contributed by atoms with Gasteiger partial charge in [-0.3, -0.25) is 0 Å². The van der Waals surface area contributed by atoms with E-state index in [2.05, 4.69) is 32.2 Å². The largest absolute Gasteiger partial charge is 0.497 e. The first-order valence-corrected chi connectivity index (χ1v) is 5.69. The molecule has 82 valence electrons. The van der Waals surface area contributed by atoms with Gasteiger partial charge in [0, 0.05) is 12.1 Å². The molecule has 1 atom stereocenters. The zero-order valence-electron chi connectivity index (χ0n) is 9.68. The van der Waals surface area contributed by atoms with Gasteiger partial charge in [0.05, 0.1) is 6.26 Å². The van der Waals surface area contributed by atoms with Crippen molar-refractivity contribution in [3.63, 3.8) is 0 Å². The molecule has 0 aromatic heterocycles. The molecule has 14 heavy (non-hydrogen) atoms. The Morgan fingerprint density at radius 2 is 2.29 bits per heavy atom. The summed E-state index contributed by atoms with van der Waals surface area (Å²) in [6, 6.07) is 0. The van der Waals surface area contributed by atoms with Gasteiger partial charge in [0.15, 0.2) is 0 Å². The van der Waals surface area contributed by atoms with E-state index in [4.69, 9.17) is 4.74 Å². The molecule has 2 nitrogen and oxygen atoms in total. The Morgan fingerprint density at radius 1 is 1.50 bits per heavy atom. The predicted molar refractivity (Wildman–Crippen MR) is 60.2 cm³/mol. The molecule has 0 aromatic rings. The first-order valence-electron chi connectivity index (χ1n) is 5.69. The van der Waals surface area contributed by atoms with E-state index in [1.807, 2.05) is 6.26 Å². The van der Waals surface area contributed by atoms with E-state index >= 15 is 0 Å². The molecule has 0 aromatic carbocycles. The minimum Gasteiger partial charge on any atom is -0.497 e. The average molecular weight is 197 g/mol. The van der Waals surface area contributed by atoms with Crippen LogP contribution in [0.5, 0.6) is 0 Å². The molecule has 1 aliphatic heterocycles. The van der Waals surface area contributed by atoms with Gasteiger partial charge in [0.2, 0.25) is 0 Å². The smallest absolute Gasteiger partial charge is 0.110 e. The standard InChI is InChI=1S/C12H23NO/c1-4-8-12(2,3)13-10-11-7-5-6-9-14-11/h6,9,11,13H,4-5,7-8,10H2,1-3H3. The maximum absolute atomic E-state index is 5.51. The molecule has 0 radical (unpaired) electrons. The Hall–Kier alpha value is -0.500. The monoisotopic (exact) mass is 197 g/mol. The molecule has 0 saturated carbocycles. The minimum absolute atomic E-state index is 0.249. The molecule has 1 aliphatic rings. The van der Waals surface area contributed by atoms with Crippen molar-refractivity contribution in [1.29, 1.82) is 0 Å². The fourth-order valence-corrected chi connectivity index (χ4v) is 1.84. The topological polar surface area (TPSA) is 21.3 Å². The number of nitrogens with one attached hydrogen (secondary N) is 1. The summed E-state index contributed by atoms with van der Waals surface area (Å²) in [5, 5.41) is 3.57. The van der Waals surface area contributed by atoms with Gasteiger partial charge in [-0.15, -0.1) is 0 Å². The summed E-state index contributed by atoms with van der Waals surface area (Å²) in [7, 11) is 0. The Morgan fingerprint density at radius 3 is 2.86 bits per heavy atom. The van der Waals surface area contributed by atoms with Gasteiger partial charge >= 0.3 is 0 Å². The van der Waals surface area contributed by atoms with Crippen molar-refractivity contribution in [2.45, 2.75) is 58.1 Å². The molecule has 0 saturated heterocycles. The van der Waals surface area contributed by atoms with Crippen LogP contribution in [0.15, 0.2) is 12.3 Å². The summed E-state index contributed by atoms with van der Waals surface area (Å²) in [5.41, 5.74) is 0.249. The van der Waals surface area contributed by atoms with Gasteiger partial charge in [-0.05, 0) is 39.2 Å². The van der Waals surface area contributed by atoms with Crippen LogP contribution in [0.1, 0.15) is 46.5 Å². The van der Waals surface area contributed by atoms with Crippen molar-refractivity contribution in [3.05, 3.63) is 12.3 Å². The molecule has 0 bridgehead atoms. The van der Waals surface area contributed by atoms with Crippen LogP contribution < -0.4 is 5.32 Å². The minimum atomic E-state index is 0.249. The fourth-order valence-electron chi connectivity index (χ4n) is 1.84. The number of allylic oxidation sites excluding steroid dienone is 1. The summed E-state index contributed by atoms with van der Waals surface area (Å²) >= 11 is 0. The summed E-state index contributed by atoms with van der Waals surface area (Å²) < 4.78 is 5.51. The van der Waals surface area contributed by atoms with Gasteiger partial charge in [-0.1, -0.05) is 13.3 Å². The van der Waals surface area contributed by atoms with Gasteiger partial charge in [0.25, 0.3) is 0 Å². The van der Waals surface area contributed by atoms with Gasteiger partial charge in [-0.2, -0.15) is 0 Å². The lowest BCUT2D eigenvalue weighted by atomic mass is 9.98. The maximum Gasteiger partial charge on any atom is 0.110 e. The number of hydrogen-bond donors (Lipinski definition) is 1. The highest BCUT2D eigenvalue weighted by Gasteiger charge is 2.18. The lowest BCUT2D eigenvalue weighted by Crippen LogP contribution is -2.43. The van der Waals surface area contributed by atoms with Crippen LogP contribution in [0.3, 0.4) is 0 Å². The molecule has 1 heterocycles. The number of hydrogen-bond acceptors (Lipinski definition) is 2. The van der Waals surface area contributed by atoms with Gasteiger partial charge in [-0.25, -0.2) is 0 Å². The maximum atomic E-state index is 5.51. The predicted octanol–water partition coefficient (Wildman–Crippen LogP) is 2.85. The molecular weight excluding hydrogens is 174 g/mol. The molecular formula is C12H23NO. The van der Waals surface area contributed by atoms with Crippen molar-refractivity contribution >= 4 is 0 Å². The second-order valence-electron chi connectivity index (χ2n) is 4.72. The Balaban J connectivity index is 2.21. The van der Waals surface area contributed by atoms with E-state index < -0.39 is 0 Å². The molecule has 0 amide bonds. The first kappa shape index (κ1) is 11.6. The van der Waals surface area contributed by atoms with Crippen LogP contribution in [0, 0.1) is 0 Å². The first-order chi connectivity index (χ1) is 6.64. The molecule has 1 N–H and O–H groups in total. The van der Waals surface area contributed by atoms with E-state index in [1.54, 1.807) is 0 Å². The molecule has 0 spiro atoms. The number of rotatable bonds is 5. The summed E-state index contributed by atoms with van der Waals surface area (Å²) in [6.45, 7) is 7.71. The highest BCUT2D eigenvalue weighted by molar-refractivity contribution is 4.85. The Labute approximate surface area is 87.7 Å². The second kappa shape index (κ2) is 5.40. The van der Waals surface area contributed by atoms with E-state index in [-0.39, 0.29) is 5.54 Å². The number of ether oxygens (including phenoxy) is 1. The third-order valence-corrected chi connectivity index (χ3v) is 2.71. The van der Waals surface area contributed by atoms with Crippen LogP contribution in [0.2, 0.25) is 0 Å². The Bertz CT molecular complexity index is 187. The van der Waals surface area contributed by atoms with Crippen LogP contribution in [-0.4, -0.2) is 18.2 Å². The summed E-state index contributed by atoms with van der Waals surface area (Å²) in [4.78, 5) is 0. The van der Waals surface area contributed by atoms with Crippen LogP contribution >= 0.6 is 0 Å². The SMILES string of the molecule is CCCC(C)(C)NCC1CCC=CO1. The van der Waals surface area contributed by atoms with E-state index in [0.29, 0.717) is 6.10 Å². The molecule has 0 aliphatic carbocycles. The zero-order valence-corrected chi connectivity index (χ0v) is 9.68. The van der Waals surface area contributed by atoms with Crippen molar-refractivity contribution in [2.75, 3.05) is 6.54 Å². The van der Waals surface area contributed by atoms with E-state index in [1.165, 1.54) is 12.8 Å². The van der Waals surface area contributed by atoms with Crippen molar-refractivity contribution in [2.24, 2.45) is 0 Å². The molecule has 1 unspecified atom stereocenters. The molecule has 2 heteroatoms.